The summed E-state index contributed by atoms with van der Waals surface area (Å²) in [5, 5.41) is 15.5. The number of hydrogen-bond donors (Lipinski definition) is 2. The van der Waals surface area contributed by atoms with Gasteiger partial charge in [0.2, 0.25) is 5.91 Å². The van der Waals surface area contributed by atoms with Crippen LogP contribution in [0.1, 0.15) is 56.3 Å². The molecule has 0 saturated heterocycles. The third-order valence-electron chi connectivity index (χ3n) is 4.02. The minimum absolute atomic E-state index is 0.000904. The van der Waals surface area contributed by atoms with Crippen LogP contribution in [0.4, 0.5) is 0 Å². The second-order valence-electron chi connectivity index (χ2n) is 5.94. The van der Waals surface area contributed by atoms with Crippen molar-refractivity contribution in [2.45, 2.75) is 58.2 Å². The summed E-state index contributed by atoms with van der Waals surface area (Å²) < 4.78 is 5.51. The van der Waals surface area contributed by atoms with Crippen molar-refractivity contribution in [2.24, 2.45) is 5.92 Å². The van der Waals surface area contributed by atoms with Gasteiger partial charge in [0.05, 0.1) is 18.2 Å². The van der Waals surface area contributed by atoms with Gasteiger partial charge in [0, 0.05) is 18.5 Å². The Bertz CT molecular complexity index is 478. The highest BCUT2D eigenvalue weighted by molar-refractivity contribution is 7.09. The van der Waals surface area contributed by atoms with E-state index in [1.807, 2.05) is 19.2 Å². The highest BCUT2D eigenvalue weighted by Gasteiger charge is 2.20. The van der Waals surface area contributed by atoms with Crippen LogP contribution < -0.4 is 5.32 Å². The van der Waals surface area contributed by atoms with Gasteiger partial charge in [-0.2, -0.15) is 0 Å². The summed E-state index contributed by atoms with van der Waals surface area (Å²) in [5.41, 5.74) is 0.799. The Labute approximate surface area is 136 Å². The number of nitrogens with one attached hydrogen (secondary N) is 1. The van der Waals surface area contributed by atoms with Gasteiger partial charge in [-0.15, -0.1) is 11.3 Å². The van der Waals surface area contributed by atoms with E-state index in [9.17, 15) is 9.90 Å². The molecule has 1 saturated carbocycles. The molecule has 0 aliphatic heterocycles. The maximum Gasteiger partial charge on any atom is 0.226 e. The average Bonchev–Trinajstić information content (AvgIpc) is 2.94. The molecule has 3 atom stereocenters. The zero-order valence-electron chi connectivity index (χ0n) is 13.4. The summed E-state index contributed by atoms with van der Waals surface area (Å²) in [6.07, 6.45) is 3.92. The standard InChI is InChI=1S/C16H26N2O3S/c1-3-21-11(2)16-18-13(10-22-16)8-15(20)17-9-12-5-4-6-14(19)7-12/h10-12,14,19H,3-9H2,1-2H3,(H,17,20). The SMILES string of the molecule is CCOC(C)c1nc(CC(=O)NCC2CCCC(O)C2)cs1. The van der Waals surface area contributed by atoms with E-state index in [1.165, 1.54) is 11.3 Å². The van der Waals surface area contributed by atoms with E-state index in [0.717, 1.165) is 36.4 Å². The number of ether oxygens (including phenoxy) is 1. The molecule has 1 aliphatic carbocycles. The van der Waals surface area contributed by atoms with Crippen molar-refractivity contribution >= 4 is 17.2 Å². The number of carbonyl (C=O) groups excluding carboxylic acids is 1. The molecule has 1 aromatic heterocycles. The van der Waals surface area contributed by atoms with E-state index in [-0.39, 0.29) is 18.1 Å². The number of rotatable bonds is 7. The summed E-state index contributed by atoms with van der Waals surface area (Å²) in [5.74, 6) is 0.401. The molecule has 0 aromatic carbocycles. The highest BCUT2D eigenvalue weighted by atomic mass is 32.1. The summed E-state index contributed by atoms with van der Waals surface area (Å²) in [7, 11) is 0. The number of aliphatic hydroxyl groups excluding tert-OH is 1. The Hall–Kier alpha value is -0.980. The molecule has 2 rings (SSSR count). The van der Waals surface area contributed by atoms with E-state index in [4.69, 9.17) is 4.74 Å². The van der Waals surface area contributed by atoms with Gasteiger partial charge in [-0.1, -0.05) is 6.42 Å². The number of thiazole rings is 1. The van der Waals surface area contributed by atoms with Crippen LogP contribution in [0, 0.1) is 5.92 Å². The first-order valence-electron chi connectivity index (χ1n) is 8.09. The molecular formula is C16H26N2O3S. The van der Waals surface area contributed by atoms with Crippen LogP contribution in [0.5, 0.6) is 0 Å². The van der Waals surface area contributed by atoms with Gasteiger partial charge in [-0.05, 0) is 39.0 Å². The predicted octanol–water partition coefficient (Wildman–Crippen LogP) is 2.45. The lowest BCUT2D eigenvalue weighted by Crippen LogP contribution is -2.33. The fraction of sp³-hybridized carbons (Fsp3) is 0.750. The summed E-state index contributed by atoms with van der Waals surface area (Å²) in [4.78, 5) is 16.5. The Morgan fingerprint density at radius 1 is 1.59 bits per heavy atom. The number of hydrogen-bond acceptors (Lipinski definition) is 5. The van der Waals surface area contributed by atoms with Gasteiger partial charge >= 0.3 is 0 Å². The molecule has 124 valence electrons. The topological polar surface area (TPSA) is 71.5 Å². The first kappa shape index (κ1) is 17.4. The van der Waals surface area contributed by atoms with E-state index in [1.54, 1.807) is 0 Å². The Morgan fingerprint density at radius 3 is 3.14 bits per heavy atom. The minimum Gasteiger partial charge on any atom is -0.393 e. The number of carbonyl (C=O) groups is 1. The van der Waals surface area contributed by atoms with Crippen LogP contribution in [-0.4, -0.2) is 35.3 Å². The van der Waals surface area contributed by atoms with Crippen LogP contribution in [0.3, 0.4) is 0 Å². The molecule has 1 heterocycles. The normalized spacial score (nSPS) is 23.2. The predicted molar refractivity (Wildman–Crippen MR) is 86.8 cm³/mol. The third kappa shape index (κ3) is 5.34. The van der Waals surface area contributed by atoms with Crippen molar-refractivity contribution in [3.05, 3.63) is 16.1 Å². The molecule has 1 fully saturated rings. The monoisotopic (exact) mass is 326 g/mol. The van der Waals surface area contributed by atoms with Crippen LogP contribution in [0.25, 0.3) is 0 Å². The molecule has 3 unspecified atom stereocenters. The van der Waals surface area contributed by atoms with Crippen molar-refractivity contribution < 1.29 is 14.6 Å². The lowest BCUT2D eigenvalue weighted by Gasteiger charge is -2.25. The van der Waals surface area contributed by atoms with Crippen molar-refractivity contribution in [2.75, 3.05) is 13.2 Å². The Morgan fingerprint density at radius 2 is 2.41 bits per heavy atom. The molecule has 2 N–H and O–H groups in total. The van der Waals surface area contributed by atoms with E-state index in [2.05, 4.69) is 10.3 Å². The van der Waals surface area contributed by atoms with E-state index < -0.39 is 0 Å². The zero-order valence-corrected chi connectivity index (χ0v) is 14.2. The molecule has 5 nitrogen and oxygen atoms in total. The largest absolute Gasteiger partial charge is 0.393 e. The highest BCUT2D eigenvalue weighted by Crippen LogP contribution is 2.24. The fourth-order valence-electron chi connectivity index (χ4n) is 2.85. The van der Waals surface area contributed by atoms with Gasteiger partial charge in [-0.3, -0.25) is 4.79 Å². The average molecular weight is 326 g/mol. The quantitative estimate of drug-likeness (QED) is 0.807. The Kier molecular flexibility index (Phi) is 6.79. The summed E-state index contributed by atoms with van der Waals surface area (Å²) >= 11 is 1.54. The maximum absolute atomic E-state index is 12.0. The van der Waals surface area contributed by atoms with Crippen LogP contribution in [-0.2, 0) is 16.0 Å². The lowest BCUT2D eigenvalue weighted by atomic mass is 9.87. The summed E-state index contributed by atoms with van der Waals surface area (Å²) in [6, 6.07) is 0. The first-order valence-corrected chi connectivity index (χ1v) is 8.97. The molecule has 0 spiro atoms. The van der Waals surface area contributed by atoms with Crippen molar-refractivity contribution in [1.82, 2.24) is 10.3 Å². The lowest BCUT2D eigenvalue weighted by molar-refractivity contribution is -0.120. The van der Waals surface area contributed by atoms with E-state index in [0.29, 0.717) is 25.5 Å². The Balaban J connectivity index is 1.75. The second-order valence-corrected chi connectivity index (χ2v) is 6.83. The molecule has 1 aliphatic rings. The number of amides is 1. The van der Waals surface area contributed by atoms with Crippen molar-refractivity contribution in [3.8, 4) is 0 Å². The number of aliphatic hydroxyl groups is 1. The van der Waals surface area contributed by atoms with Gasteiger partial charge < -0.3 is 15.2 Å². The maximum atomic E-state index is 12.0. The third-order valence-corrected chi connectivity index (χ3v) is 5.07. The minimum atomic E-state index is -0.197. The molecule has 1 aromatic rings. The molecule has 6 heteroatoms. The van der Waals surface area contributed by atoms with Gasteiger partial charge in [0.15, 0.2) is 0 Å². The van der Waals surface area contributed by atoms with E-state index >= 15 is 0 Å². The van der Waals surface area contributed by atoms with Gasteiger partial charge in [-0.25, -0.2) is 4.98 Å². The molecule has 0 radical (unpaired) electrons. The smallest absolute Gasteiger partial charge is 0.226 e. The molecular weight excluding hydrogens is 300 g/mol. The second kappa shape index (κ2) is 8.60. The molecule has 22 heavy (non-hydrogen) atoms. The molecule has 1 amide bonds. The van der Waals surface area contributed by atoms with Crippen LogP contribution in [0.15, 0.2) is 5.38 Å². The van der Waals surface area contributed by atoms with Crippen molar-refractivity contribution in [3.63, 3.8) is 0 Å². The van der Waals surface area contributed by atoms with Crippen molar-refractivity contribution in [1.29, 1.82) is 0 Å². The summed E-state index contributed by atoms with van der Waals surface area (Å²) in [6.45, 7) is 5.24. The number of aromatic nitrogens is 1. The van der Waals surface area contributed by atoms with Crippen LogP contribution in [0.2, 0.25) is 0 Å². The fourth-order valence-corrected chi connectivity index (χ4v) is 3.67. The van der Waals surface area contributed by atoms with Crippen LogP contribution >= 0.6 is 11.3 Å². The zero-order chi connectivity index (χ0) is 15.9. The first-order chi connectivity index (χ1) is 10.6. The molecule has 0 bridgehead atoms. The van der Waals surface area contributed by atoms with Gasteiger partial charge in [0.25, 0.3) is 0 Å². The van der Waals surface area contributed by atoms with Gasteiger partial charge in [0.1, 0.15) is 11.1 Å². The number of nitrogens with zero attached hydrogens (tertiary/aromatic N) is 1.